The van der Waals surface area contributed by atoms with E-state index in [9.17, 15) is 19.1 Å². The molecule has 1 aromatic carbocycles. The molecule has 26 heavy (non-hydrogen) atoms. The van der Waals surface area contributed by atoms with Crippen molar-refractivity contribution in [3.63, 3.8) is 0 Å². The van der Waals surface area contributed by atoms with Gasteiger partial charge < -0.3 is 19.9 Å². The number of hydrogen-bond donors (Lipinski definition) is 2. The predicted octanol–water partition coefficient (Wildman–Crippen LogP) is 2.63. The lowest BCUT2D eigenvalue weighted by atomic mass is 10.1. The van der Waals surface area contributed by atoms with Crippen molar-refractivity contribution in [1.82, 2.24) is 9.88 Å². The summed E-state index contributed by atoms with van der Waals surface area (Å²) in [4.78, 5) is 25.9. The van der Waals surface area contributed by atoms with Gasteiger partial charge in [-0.1, -0.05) is 11.6 Å². The maximum absolute atomic E-state index is 14.9. The maximum Gasteiger partial charge on any atom is 0.341 e. The van der Waals surface area contributed by atoms with Crippen LogP contribution in [0.2, 0.25) is 5.02 Å². The van der Waals surface area contributed by atoms with E-state index in [2.05, 4.69) is 5.32 Å². The number of carboxylic acid groups (broad SMARTS) is 1. The van der Waals surface area contributed by atoms with E-state index in [1.807, 2.05) is 11.9 Å². The highest BCUT2D eigenvalue weighted by molar-refractivity contribution is 6.38. The number of aromatic nitrogens is 1. The predicted molar refractivity (Wildman–Crippen MR) is 98.1 cm³/mol. The van der Waals surface area contributed by atoms with Crippen LogP contribution in [-0.2, 0) is 0 Å². The maximum atomic E-state index is 14.9. The number of fused-ring (bicyclic) bond motifs is 1. The topological polar surface area (TPSA) is 74.6 Å². The number of pyridine rings is 1. The SMILES string of the molecule is CNC1CCN(c2c(F)cc3c(=O)c(C(=O)O)cn(C4CC4)c3c2Cl)C1. The van der Waals surface area contributed by atoms with Crippen LogP contribution < -0.4 is 15.6 Å². The molecule has 0 radical (unpaired) electrons. The zero-order chi connectivity index (χ0) is 18.6. The molecule has 0 amide bonds. The van der Waals surface area contributed by atoms with E-state index < -0.39 is 17.2 Å². The molecule has 2 heterocycles. The van der Waals surface area contributed by atoms with Gasteiger partial charge in [-0.3, -0.25) is 4.79 Å². The lowest BCUT2D eigenvalue weighted by molar-refractivity contribution is 0.0695. The number of nitrogens with zero attached hydrogens (tertiary/aromatic N) is 2. The average molecular weight is 380 g/mol. The van der Waals surface area contributed by atoms with Crippen LogP contribution in [0, 0.1) is 5.82 Å². The summed E-state index contributed by atoms with van der Waals surface area (Å²) in [6.45, 7) is 1.29. The minimum atomic E-state index is -1.32. The van der Waals surface area contributed by atoms with Gasteiger partial charge in [0.2, 0.25) is 5.43 Å². The van der Waals surface area contributed by atoms with Gasteiger partial charge in [0.25, 0.3) is 0 Å². The summed E-state index contributed by atoms with van der Waals surface area (Å²) >= 11 is 6.59. The van der Waals surface area contributed by atoms with Crippen molar-refractivity contribution < 1.29 is 14.3 Å². The van der Waals surface area contributed by atoms with Gasteiger partial charge in [0, 0.05) is 31.4 Å². The van der Waals surface area contributed by atoms with Gasteiger partial charge in [-0.2, -0.15) is 0 Å². The van der Waals surface area contributed by atoms with E-state index in [1.165, 1.54) is 6.20 Å². The Morgan fingerprint density at radius 3 is 2.69 bits per heavy atom. The number of rotatable bonds is 4. The first-order valence-corrected chi connectivity index (χ1v) is 9.02. The first-order valence-electron chi connectivity index (χ1n) is 8.64. The fourth-order valence-corrected chi connectivity index (χ4v) is 4.12. The van der Waals surface area contributed by atoms with Crippen LogP contribution in [0.15, 0.2) is 17.1 Å². The van der Waals surface area contributed by atoms with Gasteiger partial charge in [0.15, 0.2) is 0 Å². The second kappa shape index (κ2) is 6.25. The third-order valence-electron chi connectivity index (χ3n) is 5.27. The number of anilines is 1. The Morgan fingerprint density at radius 1 is 1.38 bits per heavy atom. The van der Waals surface area contributed by atoms with Gasteiger partial charge in [-0.25, -0.2) is 9.18 Å². The Kier molecular flexibility index (Phi) is 4.16. The summed E-state index contributed by atoms with van der Waals surface area (Å²) in [6.07, 6.45) is 3.98. The van der Waals surface area contributed by atoms with E-state index in [1.54, 1.807) is 4.57 Å². The van der Waals surface area contributed by atoms with E-state index >= 15 is 0 Å². The lowest BCUT2D eigenvalue weighted by Crippen LogP contribution is -2.30. The molecule has 2 N–H and O–H groups in total. The quantitative estimate of drug-likeness (QED) is 0.854. The standard InChI is InChI=1S/C18H19ClFN3O3/c1-21-9-4-5-22(7-9)16-13(20)6-11-15(14(16)19)23(10-2-3-10)8-12(17(11)24)18(25)26/h6,8-10,21H,2-5,7H2,1H3,(H,25,26). The largest absolute Gasteiger partial charge is 0.477 e. The van der Waals surface area contributed by atoms with Crippen LogP contribution in [0.4, 0.5) is 10.1 Å². The van der Waals surface area contributed by atoms with Crippen LogP contribution >= 0.6 is 11.6 Å². The second-order valence-corrected chi connectivity index (χ2v) is 7.33. The van der Waals surface area contributed by atoms with E-state index in [0.717, 1.165) is 25.3 Å². The summed E-state index contributed by atoms with van der Waals surface area (Å²) in [7, 11) is 1.87. The summed E-state index contributed by atoms with van der Waals surface area (Å²) in [5.41, 5.74) is -0.349. The van der Waals surface area contributed by atoms with E-state index in [0.29, 0.717) is 18.6 Å². The minimum absolute atomic E-state index is 0.0208. The molecule has 4 rings (SSSR count). The molecule has 1 aromatic heterocycles. The fourth-order valence-electron chi connectivity index (χ4n) is 3.71. The normalized spacial score (nSPS) is 20.1. The van der Waals surface area contributed by atoms with Crippen LogP contribution in [0.5, 0.6) is 0 Å². The molecule has 2 aliphatic rings. The van der Waals surface area contributed by atoms with Crippen molar-refractivity contribution in [2.45, 2.75) is 31.3 Å². The summed E-state index contributed by atoms with van der Waals surface area (Å²) < 4.78 is 16.6. The molecule has 1 saturated carbocycles. The second-order valence-electron chi connectivity index (χ2n) is 6.95. The summed E-state index contributed by atoms with van der Waals surface area (Å²) in [6, 6.07) is 1.48. The van der Waals surface area contributed by atoms with Gasteiger partial charge in [-0.05, 0) is 32.4 Å². The van der Waals surface area contributed by atoms with Crippen molar-refractivity contribution in [3.05, 3.63) is 38.9 Å². The molecule has 1 saturated heterocycles. The fraction of sp³-hybridized carbons (Fsp3) is 0.444. The number of likely N-dealkylation sites (N-methyl/N-ethyl adjacent to an activating group) is 1. The Morgan fingerprint density at radius 2 is 2.12 bits per heavy atom. The monoisotopic (exact) mass is 379 g/mol. The van der Waals surface area contributed by atoms with Crippen molar-refractivity contribution in [3.8, 4) is 0 Å². The molecule has 1 aliphatic heterocycles. The summed E-state index contributed by atoms with van der Waals surface area (Å²) in [5.74, 6) is -1.91. The van der Waals surface area contributed by atoms with Crippen LogP contribution in [0.25, 0.3) is 10.9 Å². The van der Waals surface area contributed by atoms with Gasteiger partial charge in [0.1, 0.15) is 11.4 Å². The van der Waals surface area contributed by atoms with Crippen molar-refractivity contribution >= 4 is 34.2 Å². The number of hydrogen-bond acceptors (Lipinski definition) is 4. The third kappa shape index (κ3) is 2.66. The number of nitrogens with one attached hydrogen (secondary N) is 1. The van der Waals surface area contributed by atoms with Crippen LogP contribution in [-0.4, -0.2) is 41.8 Å². The molecule has 138 valence electrons. The highest BCUT2D eigenvalue weighted by atomic mass is 35.5. The van der Waals surface area contributed by atoms with Gasteiger partial charge in [-0.15, -0.1) is 0 Å². The smallest absolute Gasteiger partial charge is 0.341 e. The lowest BCUT2D eigenvalue weighted by Gasteiger charge is -2.23. The molecule has 6 nitrogen and oxygen atoms in total. The third-order valence-corrected chi connectivity index (χ3v) is 5.63. The molecule has 8 heteroatoms. The first-order chi connectivity index (χ1) is 12.4. The average Bonchev–Trinajstić information content (AvgIpc) is 3.33. The van der Waals surface area contributed by atoms with Crippen molar-refractivity contribution in [2.24, 2.45) is 0 Å². The Balaban J connectivity index is 1.97. The molecule has 0 spiro atoms. The number of carboxylic acids is 1. The molecule has 1 unspecified atom stereocenters. The zero-order valence-electron chi connectivity index (χ0n) is 14.3. The zero-order valence-corrected chi connectivity index (χ0v) is 15.0. The number of aromatic carboxylic acids is 1. The minimum Gasteiger partial charge on any atom is -0.477 e. The highest BCUT2D eigenvalue weighted by Crippen LogP contribution is 2.42. The Bertz CT molecular complexity index is 971. The van der Waals surface area contributed by atoms with E-state index in [4.69, 9.17) is 11.6 Å². The molecule has 1 atom stereocenters. The Labute approximate surface area is 154 Å². The number of carbonyl (C=O) groups is 1. The molecule has 0 bridgehead atoms. The number of halogens is 2. The Hall–Kier alpha value is -2.12. The molecule has 2 fully saturated rings. The molecular formula is C18H19ClFN3O3. The van der Waals surface area contributed by atoms with E-state index in [-0.39, 0.29) is 33.7 Å². The number of benzene rings is 1. The first kappa shape index (κ1) is 17.3. The van der Waals surface area contributed by atoms with Crippen molar-refractivity contribution in [1.29, 1.82) is 0 Å². The molecular weight excluding hydrogens is 361 g/mol. The van der Waals surface area contributed by atoms with Crippen LogP contribution in [0.1, 0.15) is 35.7 Å². The molecule has 2 aromatic rings. The van der Waals surface area contributed by atoms with Gasteiger partial charge in [0.05, 0.1) is 21.6 Å². The van der Waals surface area contributed by atoms with Gasteiger partial charge >= 0.3 is 5.97 Å². The highest BCUT2D eigenvalue weighted by Gasteiger charge is 2.31. The summed E-state index contributed by atoms with van der Waals surface area (Å²) in [5, 5.41) is 12.7. The van der Waals surface area contributed by atoms with Crippen molar-refractivity contribution in [2.75, 3.05) is 25.0 Å². The molecule has 1 aliphatic carbocycles. The van der Waals surface area contributed by atoms with Crippen LogP contribution in [0.3, 0.4) is 0 Å².